The Labute approximate surface area is 97.7 Å². The minimum absolute atomic E-state index is 0.307. The number of nitrogens with zero attached hydrogens (tertiary/aromatic N) is 1. The fourth-order valence-electron chi connectivity index (χ4n) is 2.69. The second-order valence-electron chi connectivity index (χ2n) is 5.44. The lowest BCUT2D eigenvalue weighted by Crippen LogP contribution is -2.49. The van der Waals surface area contributed by atoms with E-state index in [0.717, 1.165) is 13.2 Å². The summed E-state index contributed by atoms with van der Waals surface area (Å²) in [6.45, 7) is 9.17. The molecular weight excluding hydrogens is 206 g/mol. The van der Waals surface area contributed by atoms with Gasteiger partial charge in [0, 0.05) is 19.7 Å². The van der Waals surface area contributed by atoms with Gasteiger partial charge in [-0.3, -0.25) is 4.90 Å². The quantitative estimate of drug-likeness (QED) is 0.722. The van der Waals surface area contributed by atoms with Crippen molar-refractivity contribution < 1.29 is 4.74 Å². The first-order chi connectivity index (χ1) is 7.08. The van der Waals surface area contributed by atoms with Crippen LogP contribution in [-0.2, 0) is 4.74 Å². The van der Waals surface area contributed by atoms with Crippen molar-refractivity contribution >= 4 is 11.8 Å². The molecule has 2 aliphatic rings. The number of hydrogen-bond acceptors (Lipinski definition) is 3. The van der Waals surface area contributed by atoms with E-state index in [9.17, 15) is 0 Å². The summed E-state index contributed by atoms with van der Waals surface area (Å²) < 4.78 is 5.56. The molecule has 0 aromatic rings. The summed E-state index contributed by atoms with van der Waals surface area (Å²) in [7, 11) is 0. The summed E-state index contributed by atoms with van der Waals surface area (Å²) in [5.41, 5.74) is 0.547. The molecule has 0 radical (unpaired) electrons. The Hall–Kier alpha value is 0.270. The average molecular weight is 229 g/mol. The largest absolute Gasteiger partial charge is 0.381 e. The first kappa shape index (κ1) is 11.7. The average Bonchev–Trinajstić information content (AvgIpc) is 2.67. The third kappa shape index (κ3) is 2.34. The molecule has 0 N–H and O–H groups in total. The number of piperidine rings is 1. The van der Waals surface area contributed by atoms with Gasteiger partial charge in [-0.25, -0.2) is 0 Å². The van der Waals surface area contributed by atoms with Crippen molar-refractivity contribution in [2.45, 2.75) is 38.0 Å². The zero-order valence-electron chi connectivity index (χ0n) is 10.2. The van der Waals surface area contributed by atoms with Crippen molar-refractivity contribution in [2.24, 2.45) is 5.41 Å². The SMILES string of the molecule is CSC(C)(C)N1CCC2(CCOC2)CC1. The molecule has 2 fully saturated rings. The van der Waals surface area contributed by atoms with Gasteiger partial charge in [0.05, 0.1) is 11.5 Å². The maximum Gasteiger partial charge on any atom is 0.0610 e. The molecule has 2 heterocycles. The predicted octanol–water partition coefficient (Wildman–Crippen LogP) is 2.59. The molecule has 0 aromatic heterocycles. The van der Waals surface area contributed by atoms with Gasteiger partial charge in [0.25, 0.3) is 0 Å². The van der Waals surface area contributed by atoms with E-state index in [1.54, 1.807) is 0 Å². The minimum Gasteiger partial charge on any atom is -0.381 e. The summed E-state index contributed by atoms with van der Waals surface area (Å²) in [5, 5.41) is 0. The lowest BCUT2D eigenvalue weighted by molar-refractivity contribution is 0.0579. The maximum absolute atomic E-state index is 5.56. The van der Waals surface area contributed by atoms with Gasteiger partial charge in [-0.2, -0.15) is 0 Å². The molecule has 0 aromatic carbocycles. The Morgan fingerprint density at radius 2 is 1.87 bits per heavy atom. The highest BCUT2D eigenvalue weighted by Gasteiger charge is 2.40. The third-order valence-electron chi connectivity index (χ3n) is 4.27. The van der Waals surface area contributed by atoms with Crippen LogP contribution in [0.3, 0.4) is 0 Å². The smallest absolute Gasteiger partial charge is 0.0610 e. The molecule has 0 saturated carbocycles. The van der Waals surface area contributed by atoms with Crippen LogP contribution in [0, 0.1) is 5.41 Å². The fraction of sp³-hybridized carbons (Fsp3) is 1.00. The van der Waals surface area contributed by atoms with Crippen LogP contribution in [0.5, 0.6) is 0 Å². The van der Waals surface area contributed by atoms with Crippen LogP contribution in [0.2, 0.25) is 0 Å². The van der Waals surface area contributed by atoms with Gasteiger partial charge in [-0.05, 0) is 44.8 Å². The van der Waals surface area contributed by atoms with Gasteiger partial charge in [0.2, 0.25) is 0 Å². The molecule has 2 aliphatic heterocycles. The van der Waals surface area contributed by atoms with Crippen LogP contribution in [0.15, 0.2) is 0 Å². The number of hydrogen-bond donors (Lipinski definition) is 0. The van der Waals surface area contributed by atoms with E-state index in [1.165, 1.54) is 32.4 Å². The van der Waals surface area contributed by atoms with Crippen molar-refractivity contribution in [3.63, 3.8) is 0 Å². The Bertz CT molecular complexity index is 214. The van der Waals surface area contributed by atoms with E-state index in [1.807, 2.05) is 11.8 Å². The molecule has 0 aliphatic carbocycles. The Balaban J connectivity index is 1.91. The van der Waals surface area contributed by atoms with Gasteiger partial charge in [0.15, 0.2) is 0 Å². The second-order valence-corrected chi connectivity index (χ2v) is 6.85. The van der Waals surface area contributed by atoms with E-state index < -0.39 is 0 Å². The van der Waals surface area contributed by atoms with Crippen LogP contribution in [0.1, 0.15) is 33.1 Å². The molecule has 2 saturated heterocycles. The zero-order chi connectivity index (χ0) is 10.9. The normalized spacial score (nSPS) is 27.4. The summed E-state index contributed by atoms with van der Waals surface area (Å²) in [6, 6.07) is 0. The molecule has 0 unspecified atom stereocenters. The monoisotopic (exact) mass is 229 g/mol. The first-order valence-corrected chi connectivity index (χ1v) is 7.18. The predicted molar refractivity (Wildman–Crippen MR) is 66.3 cm³/mol. The lowest BCUT2D eigenvalue weighted by Gasteiger charge is -2.45. The third-order valence-corrected chi connectivity index (χ3v) is 5.53. The highest BCUT2D eigenvalue weighted by molar-refractivity contribution is 7.99. The van der Waals surface area contributed by atoms with Crippen molar-refractivity contribution in [3.8, 4) is 0 Å². The molecular formula is C12H23NOS. The minimum atomic E-state index is 0.307. The molecule has 2 nitrogen and oxygen atoms in total. The van der Waals surface area contributed by atoms with Gasteiger partial charge < -0.3 is 4.74 Å². The number of likely N-dealkylation sites (tertiary alicyclic amines) is 1. The molecule has 0 bridgehead atoms. The van der Waals surface area contributed by atoms with Gasteiger partial charge >= 0.3 is 0 Å². The highest BCUT2D eigenvalue weighted by atomic mass is 32.2. The summed E-state index contributed by atoms with van der Waals surface area (Å²) in [6.07, 6.45) is 6.16. The number of ether oxygens (including phenoxy) is 1. The molecule has 0 amide bonds. The molecule has 2 rings (SSSR count). The summed E-state index contributed by atoms with van der Waals surface area (Å²) >= 11 is 1.96. The Morgan fingerprint density at radius 3 is 2.33 bits per heavy atom. The van der Waals surface area contributed by atoms with Crippen molar-refractivity contribution in [3.05, 3.63) is 0 Å². The fourth-order valence-corrected chi connectivity index (χ4v) is 3.13. The standard InChI is InChI=1S/C12H23NOS/c1-11(2,15-3)13-7-4-12(5-8-13)6-9-14-10-12/h4-10H2,1-3H3. The molecule has 1 spiro atoms. The van der Waals surface area contributed by atoms with Crippen molar-refractivity contribution in [1.82, 2.24) is 4.90 Å². The zero-order valence-corrected chi connectivity index (χ0v) is 11.0. The van der Waals surface area contributed by atoms with Gasteiger partial charge in [0.1, 0.15) is 0 Å². The molecule has 3 heteroatoms. The molecule has 88 valence electrons. The Morgan fingerprint density at radius 1 is 1.20 bits per heavy atom. The summed E-state index contributed by atoms with van der Waals surface area (Å²) in [5.74, 6) is 0. The van der Waals surface area contributed by atoms with E-state index >= 15 is 0 Å². The van der Waals surface area contributed by atoms with Crippen molar-refractivity contribution in [1.29, 1.82) is 0 Å². The van der Waals surface area contributed by atoms with E-state index in [-0.39, 0.29) is 0 Å². The van der Waals surface area contributed by atoms with Crippen LogP contribution < -0.4 is 0 Å². The van der Waals surface area contributed by atoms with E-state index in [0.29, 0.717) is 10.3 Å². The lowest BCUT2D eigenvalue weighted by atomic mass is 9.78. The van der Waals surface area contributed by atoms with Crippen molar-refractivity contribution in [2.75, 3.05) is 32.6 Å². The molecule has 0 atom stereocenters. The topological polar surface area (TPSA) is 12.5 Å². The first-order valence-electron chi connectivity index (χ1n) is 5.96. The van der Waals surface area contributed by atoms with E-state index in [2.05, 4.69) is 25.0 Å². The van der Waals surface area contributed by atoms with Crippen LogP contribution >= 0.6 is 11.8 Å². The maximum atomic E-state index is 5.56. The van der Waals surface area contributed by atoms with Gasteiger partial charge in [-0.15, -0.1) is 11.8 Å². The Kier molecular flexibility index (Phi) is 3.34. The number of rotatable bonds is 2. The molecule has 15 heavy (non-hydrogen) atoms. The number of thioether (sulfide) groups is 1. The van der Waals surface area contributed by atoms with Crippen LogP contribution in [-0.4, -0.2) is 42.3 Å². The highest BCUT2D eigenvalue weighted by Crippen LogP contribution is 2.41. The van der Waals surface area contributed by atoms with Crippen LogP contribution in [0.25, 0.3) is 0 Å². The summed E-state index contributed by atoms with van der Waals surface area (Å²) in [4.78, 5) is 2.93. The van der Waals surface area contributed by atoms with Gasteiger partial charge in [-0.1, -0.05) is 0 Å². The van der Waals surface area contributed by atoms with Crippen LogP contribution in [0.4, 0.5) is 0 Å². The second kappa shape index (κ2) is 4.27. The van der Waals surface area contributed by atoms with E-state index in [4.69, 9.17) is 4.74 Å².